The van der Waals surface area contributed by atoms with E-state index in [1.54, 1.807) is 43.7 Å². The van der Waals surface area contributed by atoms with Crippen LogP contribution in [0.4, 0.5) is 0 Å². The molecule has 0 N–H and O–H groups in total. The molecule has 134 valence electrons. The number of ether oxygens (including phenoxy) is 1. The normalized spacial score (nSPS) is 13.4. The molecule has 8 heteroatoms. The Bertz CT molecular complexity index is 1010. The second-order valence-corrected chi connectivity index (χ2v) is 5.90. The molecule has 2 amide bonds. The fraction of sp³-hybridized carbons (Fsp3) is 0.105. The molecule has 1 aromatic heterocycles. The number of aromatic nitrogens is 3. The summed E-state index contributed by atoms with van der Waals surface area (Å²) in [7, 11) is 1.55. The van der Waals surface area contributed by atoms with Gasteiger partial charge >= 0.3 is 0 Å². The summed E-state index contributed by atoms with van der Waals surface area (Å²) in [5, 5.41) is 11.6. The number of methoxy groups -OCH3 is 1. The Morgan fingerprint density at radius 2 is 1.70 bits per heavy atom. The molecule has 0 atom stereocenters. The number of hydrogen-bond acceptors (Lipinski definition) is 6. The van der Waals surface area contributed by atoms with Crippen molar-refractivity contribution in [3.05, 3.63) is 77.4 Å². The summed E-state index contributed by atoms with van der Waals surface area (Å²) < 4.78 is 6.86. The van der Waals surface area contributed by atoms with E-state index in [0.717, 1.165) is 5.56 Å². The molecule has 0 unspecified atom stereocenters. The van der Waals surface area contributed by atoms with E-state index >= 15 is 0 Å². The zero-order valence-electron chi connectivity index (χ0n) is 14.4. The molecular weight excluding hydrogens is 346 g/mol. The van der Waals surface area contributed by atoms with Gasteiger partial charge in [-0.15, -0.1) is 10.2 Å². The Morgan fingerprint density at radius 1 is 1.04 bits per heavy atom. The van der Waals surface area contributed by atoms with Crippen LogP contribution in [0.3, 0.4) is 0 Å². The number of fused-ring (bicyclic) bond motifs is 1. The first kappa shape index (κ1) is 16.6. The summed E-state index contributed by atoms with van der Waals surface area (Å²) in [6.07, 6.45) is 4.58. The monoisotopic (exact) mass is 361 g/mol. The van der Waals surface area contributed by atoms with Crippen molar-refractivity contribution < 1.29 is 14.3 Å². The van der Waals surface area contributed by atoms with Crippen LogP contribution in [0.2, 0.25) is 0 Å². The minimum atomic E-state index is -0.304. The molecule has 0 aliphatic carbocycles. The highest BCUT2D eigenvalue weighted by Gasteiger charge is 2.35. The fourth-order valence-electron chi connectivity index (χ4n) is 2.94. The van der Waals surface area contributed by atoms with Crippen LogP contribution in [0.5, 0.6) is 5.75 Å². The van der Waals surface area contributed by atoms with Gasteiger partial charge in [-0.1, -0.05) is 12.1 Å². The zero-order chi connectivity index (χ0) is 18.8. The maximum absolute atomic E-state index is 12.6. The van der Waals surface area contributed by atoms with Crippen molar-refractivity contribution >= 4 is 18.0 Å². The predicted molar refractivity (Wildman–Crippen MR) is 96.7 cm³/mol. The van der Waals surface area contributed by atoms with Gasteiger partial charge in [-0.05, 0) is 35.9 Å². The van der Waals surface area contributed by atoms with Crippen molar-refractivity contribution in [2.45, 2.75) is 6.54 Å². The number of carbonyl (C=O) groups is 2. The number of carbonyl (C=O) groups excluding carboxylic acids is 2. The smallest absolute Gasteiger partial charge is 0.261 e. The van der Waals surface area contributed by atoms with E-state index in [4.69, 9.17) is 4.74 Å². The maximum atomic E-state index is 12.6. The first-order valence-electron chi connectivity index (χ1n) is 8.18. The molecular formula is C19H15N5O3. The molecule has 2 aromatic carbocycles. The summed E-state index contributed by atoms with van der Waals surface area (Å²) in [5.74, 6) is -0.0181. The van der Waals surface area contributed by atoms with Crippen molar-refractivity contribution in [3.8, 4) is 5.75 Å². The largest absolute Gasteiger partial charge is 0.496 e. The van der Waals surface area contributed by atoms with Crippen LogP contribution in [0.1, 0.15) is 31.8 Å². The lowest BCUT2D eigenvalue weighted by Crippen LogP contribution is -2.29. The van der Waals surface area contributed by atoms with Gasteiger partial charge in [-0.3, -0.25) is 14.5 Å². The molecule has 1 aliphatic heterocycles. The van der Waals surface area contributed by atoms with Gasteiger partial charge in [0.05, 0.1) is 31.0 Å². The summed E-state index contributed by atoms with van der Waals surface area (Å²) >= 11 is 0. The lowest BCUT2D eigenvalue weighted by Gasteiger charge is -2.16. The third-order valence-electron chi connectivity index (χ3n) is 4.26. The first-order valence-corrected chi connectivity index (χ1v) is 8.18. The Morgan fingerprint density at radius 3 is 2.33 bits per heavy atom. The SMILES string of the molecule is COc1ccc(/C=N\n2cnnc2)cc1CN1C(=O)c2ccccc2C1=O. The average Bonchev–Trinajstić information content (AvgIpc) is 3.30. The van der Waals surface area contributed by atoms with Gasteiger partial charge in [0.15, 0.2) is 0 Å². The Labute approximate surface area is 154 Å². The summed E-state index contributed by atoms with van der Waals surface area (Å²) in [4.78, 5) is 26.4. The van der Waals surface area contributed by atoms with Gasteiger partial charge in [0, 0.05) is 5.56 Å². The quantitative estimate of drug-likeness (QED) is 0.512. The van der Waals surface area contributed by atoms with Crippen LogP contribution in [0.15, 0.2) is 60.2 Å². The van der Waals surface area contributed by atoms with Crippen molar-refractivity contribution in [1.82, 2.24) is 19.8 Å². The topological polar surface area (TPSA) is 89.7 Å². The van der Waals surface area contributed by atoms with Crippen LogP contribution < -0.4 is 4.74 Å². The second-order valence-electron chi connectivity index (χ2n) is 5.90. The third kappa shape index (κ3) is 3.08. The van der Waals surface area contributed by atoms with E-state index in [2.05, 4.69) is 15.3 Å². The molecule has 0 radical (unpaired) electrons. The van der Waals surface area contributed by atoms with Gasteiger partial charge in [0.2, 0.25) is 0 Å². The highest BCUT2D eigenvalue weighted by atomic mass is 16.5. The Hall–Kier alpha value is -3.81. The van der Waals surface area contributed by atoms with Gasteiger partial charge in [0.25, 0.3) is 11.8 Å². The minimum Gasteiger partial charge on any atom is -0.496 e. The number of nitrogens with zero attached hydrogens (tertiary/aromatic N) is 5. The molecule has 8 nitrogen and oxygen atoms in total. The molecule has 0 fully saturated rings. The minimum absolute atomic E-state index is 0.115. The summed E-state index contributed by atoms with van der Waals surface area (Å²) in [5.41, 5.74) is 2.34. The predicted octanol–water partition coefficient (Wildman–Crippen LogP) is 1.97. The van der Waals surface area contributed by atoms with Gasteiger partial charge in [-0.2, -0.15) is 5.10 Å². The molecule has 3 aromatic rings. The van der Waals surface area contributed by atoms with Crippen molar-refractivity contribution in [3.63, 3.8) is 0 Å². The van der Waals surface area contributed by atoms with E-state index < -0.39 is 0 Å². The van der Waals surface area contributed by atoms with Gasteiger partial charge < -0.3 is 4.74 Å². The lowest BCUT2D eigenvalue weighted by molar-refractivity contribution is 0.0641. The van der Waals surface area contributed by atoms with E-state index in [1.807, 2.05) is 12.1 Å². The van der Waals surface area contributed by atoms with Crippen molar-refractivity contribution in [1.29, 1.82) is 0 Å². The first-order chi connectivity index (χ1) is 13.2. The average molecular weight is 361 g/mol. The zero-order valence-corrected chi connectivity index (χ0v) is 14.4. The van der Waals surface area contributed by atoms with Crippen LogP contribution in [0, 0.1) is 0 Å². The number of rotatable bonds is 5. The molecule has 0 saturated carbocycles. The van der Waals surface area contributed by atoms with Crippen molar-refractivity contribution in [2.24, 2.45) is 5.10 Å². The number of benzene rings is 2. The molecule has 0 saturated heterocycles. The van der Waals surface area contributed by atoms with Gasteiger partial charge in [0.1, 0.15) is 18.4 Å². The maximum Gasteiger partial charge on any atom is 0.261 e. The van der Waals surface area contributed by atoms with Crippen LogP contribution in [0.25, 0.3) is 0 Å². The fourth-order valence-corrected chi connectivity index (χ4v) is 2.94. The molecule has 4 rings (SSSR count). The van der Waals surface area contributed by atoms with E-state index in [9.17, 15) is 9.59 Å². The second kappa shape index (κ2) is 6.83. The number of hydrogen-bond donors (Lipinski definition) is 0. The van der Waals surface area contributed by atoms with Gasteiger partial charge in [-0.25, -0.2) is 4.68 Å². The van der Waals surface area contributed by atoms with Crippen LogP contribution in [-0.2, 0) is 6.54 Å². The highest BCUT2D eigenvalue weighted by molar-refractivity contribution is 6.21. The van der Waals surface area contributed by atoms with E-state index in [-0.39, 0.29) is 18.4 Å². The highest BCUT2D eigenvalue weighted by Crippen LogP contribution is 2.27. The summed E-state index contributed by atoms with van der Waals surface area (Å²) in [6.45, 7) is 0.115. The molecule has 0 spiro atoms. The van der Waals surface area contributed by atoms with Crippen LogP contribution >= 0.6 is 0 Å². The van der Waals surface area contributed by atoms with Crippen molar-refractivity contribution in [2.75, 3.05) is 7.11 Å². The molecule has 2 heterocycles. The molecule has 0 bridgehead atoms. The van der Waals surface area contributed by atoms with E-state index in [1.165, 1.54) is 22.2 Å². The van der Waals surface area contributed by atoms with E-state index in [0.29, 0.717) is 22.4 Å². The van der Waals surface area contributed by atoms with Crippen LogP contribution in [-0.4, -0.2) is 44.9 Å². The number of imide groups is 1. The standard InChI is InChI=1S/C19H15N5O3/c1-27-17-7-6-13(9-22-23-11-20-21-12-23)8-14(17)10-24-18(25)15-4-2-3-5-16(15)19(24)26/h2-9,11-12H,10H2,1H3/b22-9-. The third-order valence-corrected chi connectivity index (χ3v) is 4.26. The number of amides is 2. The Balaban J connectivity index is 1.62. The molecule has 27 heavy (non-hydrogen) atoms. The lowest BCUT2D eigenvalue weighted by atomic mass is 10.1. The summed E-state index contributed by atoms with van der Waals surface area (Å²) in [6, 6.07) is 12.3. The molecule has 1 aliphatic rings. The Kier molecular flexibility index (Phi) is 4.21.